The van der Waals surface area contributed by atoms with E-state index in [1.807, 2.05) is 52.4 Å². The van der Waals surface area contributed by atoms with Gasteiger partial charge in [-0.05, 0) is 30.4 Å². The van der Waals surface area contributed by atoms with Crippen molar-refractivity contribution in [1.29, 1.82) is 0 Å². The fraction of sp³-hybridized carbons (Fsp3) is 0.417. The number of benzene rings is 2. The van der Waals surface area contributed by atoms with Crippen molar-refractivity contribution in [3.8, 4) is 11.1 Å². The van der Waals surface area contributed by atoms with Crippen molar-refractivity contribution in [2.75, 3.05) is 32.8 Å². The molecule has 5 heteroatoms. The van der Waals surface area contributed by atoms with Crippen LogP contribution in [-0.2, 0) is 9.63 Å². The lowest BCUT2D eigenvalue weighted by Crippen LogP contribution is -2.43. The first-order valence-corrected chi connectivity index (χ1v) is 10.6. The van der Waals surface area contributed by atoms with Crippen LogP contribution >= 0.6 is 0 Å². The normalized spacial score (nSPS) is 20.0. The Morgan fingerprint density at radius 3 is 2.41 bits per heavy atom. The van der Waals surface area contributed by atoms with Crippen LogP contribution < -0.4 is 0 Å². The molecule has 0 bridgehead atoms. The highest BCUT2D eigenvalue weighted by Gasteiger charge is 2.29. The van der Waals surface area contributed by atoms with Crippen molar-refractivity contribution in [1.82, 2.24) is 9.96 Å². The number of hydrogen-bond donors (Lipinski definition) is 0. The lowest BCUT2D eigenvalue weighted by atomic mass is 9.89. The summed E-state index contributed by atoms with van der Waals surface area (Å²) in [5.74, 6) is 0.153. The molecule has 1 atom stereocenters. The average molecular weight is 392 g/mol. The van der Waals surface area contributed by atoms with Crippen LogP contribution in [0.1, 0.15) is 36.0 Å². The van der Waals surface area contributed by atoms with Crippen molar-refractivity contribution in [3.05, 3.63) is 60.2 Å². The second-order valence-electron chi connectivity index (χ2n) is 7.85. The maximum atomic E-state index is 13.0. The quantitative estimate of drug-likeness (QED) is 0.702. The van der Waals surface area contributed by atoms with Gasteiger partial charge in [0.1, 0.15) is 0 Å². The molecule has 0 saturated carbocycles. The summed E-state index contributed by atoms with van der Waals surface area (Å²) in [5, 5.41) is 1.87. The summed E-state index contributed by atoms with van der Waals surface area (Å²) >= 11 is 0. The highest BCUT2D eigenvalue weighted by molar-refractivity contribution is 5.98. The predicted molar refractivity (Wildman–Crippen MR) is 112 cm³/mol. The minimum Gasteiger partial charge on any atom is -0.342 e. The van der Waals surface area contributed by atoms with Gasteiger partial charge in [0.05, 0.1) is 6.61 Å². The average Bonchev–Trinajstić information content (AvgIpc) is 3.31. The summed E-state index contributed by atoms with van der Waals surface area (Å²) in [6.45, 7) is 3.55. The van der Waals surface area contributed by atoms with Gasteiger partial charge >= 0.3 is 0 Å². The summed E-state index contributed by atoms with van der Waals surface area (Å²) in [7, 11) is 0. The lowest BCUT2D eigenvalue weighted by Gasteiger charge is -2.32. The summed E-state index contributed by atoms with van der Waals surface area (Å²) in [6.07, 6.45) is 3.20. The fourth-order valence-corrected chi connectivity index (χ4v) is 4.16. The van der Waals surface area contributed by atoms with Crippen LogP contribution in [0.5, 0.6) is 0 Å². The van der Waals surface area contributed by atoms with Crippen molar-refractivity contribution < 1.29 is 14.4 Å². The number of Topliss-reactive ketones (excluding diaryl/α,β-unsaturated/α-hetero) is 1. The third kappa shape index (κ3) is 4.92. The molecular weight excluding hydrogens is 364 g/mol. The van der Waals surface area contributed by atoms with Crippen LogP contribution in [0.4, 0.5) is 0 Å². The molecule has 2 aromatic rings. The lowest BCUT2D eigenvalue weighted by molar-refractivity contribution is -0.139. The highest BCUT2D eigenvalue weighted by atomic mass is 16.7. The van der Waals surface area contributed by atoms with Gasteiger partial charge in [0.15, 0.2) is 5.78 Å². The molecule has 4 rings (SSSR count). The minimum absolute atomic E-state index is 0.113. The molecular formula is C24H28N2O3. The SMILES string of the molecule is O=C(c1ccc(-c2ccccc2)cc1)C1CCCN(C(=O)CCN2CCCO2)C1. The van der Waals surface area contributed by atoms with Crippen LogP contribution in [0.15, 0.2) is 54.6 Å². The first kappa shape index (κ1) is 19.8. The monoisotopic (exact) mass is 392 g/mol. The number of carbonyl (C=O) groups excluding carboxylic acids is 2. The zero-order valence-electron chi connectivity index (χ0n) is 16.8. The van der Waals surface area contributed by atoms with Crippen molar-refractivity contribution in [2.45, 2.75) is 25.7 Å². The molecule has 1 unspecified atom stereocenters. The van der Waals surface area contributed by atoms with E-state index in [4.69, 9.17) is 4.84 Å². The smallest absolute Gasteiger partial charge is 0.223 e. The number of hydrogen-bond acceptors (Lipinski definition) is 4. The Labute approximate surface area is 172 Å². The Balaban J connectivity index is 1.35. The van der Waals surface area contributed by atoms with Crippen LogP contribution in [0.2, 0.25) is 0 Å². The Morgan fingerprint density at radius 1 is 0.931 bits per heavy atom. The number of amides is 1. The largest absolute Gasteiger partial charge is 0.342 e. The van der Waals surface area contributed by atoms with E-state index in [1.165, 1.54) is 0 Å². The standard InChI is InChI=1S/C24H28N2O3/c27-23(13-16-26-15-5-17-29-26)25-14-4-8-22(18-25)24(28)21-11-9-20(10-12-21)19-6-2-1-3-7-19/h1-3,6-7,9-12,22H,4-5,8,13-18H2. The minimum atomic E-state index is -0.113. The van der Waals surface area contributed by atoms with E-state index in [-0.39, 0.29) is 17.6 Å². The Kier molecular flexibility index (Phi) is 6.37. The summed E-state index contributed by atoms with van der Waals surface area (Å²) in [5.41, 5.74) is 2.98. The van der Waals surface area contributed by atoms with Crippen LogP contribution in [-0.4, -0.2) is 54.4 Å². The molecule has 0 spiro atoms. The van der Waals surface area contributed by atoms with Gasteiger partial charge in [-0.25, -0.2) is 0 Å². The zero-order chi connectivity index (χ0) is 20.1. The van der Waals surface area contributed by atoms with Gasteiger partial charge in [-0.3, -0.25) is 14.4 Å². The highest BCUT2D eigenvalue weighted by Crippen LogP contribution is 2.24. The Hall–Kier alpha value is -2.50. The molecule has 2 saturated heterocycles. The molecule has 2 aromatic carbocycles. The van der Waals surface area contributed by atoms with E-state index < -0.39 is 0 Å². The van der Waals surface area contributed by atoms with Crippen molar-refractivity contribution >= 4 is 11.7 Å². The van der Waals surface area contributed by atoms with Gasteiger partial charge in [0.2, 0.25) is 5.91 Å². The number of piperidine rings is 1. The molecule has 0 radical (unpaired) electrons. The second-order valence-corrected chi connectivity index (χ2v) is 7.85. The first-order chi connectivity index (χ1) is 14.2. The number of ketones is 1. The van der Waals surface area contributed by atoms with Gasteiger partial charge < -0.3 is 4.90 Å². The van der Waals surface area contributed by atoms with Crippen molar-refractivity contribution in [3.63, 3.8) is 0 Å². The van der Waals surface area contributed by atoms with Gasteiger partial charge in [-0.2, -0.15) is 5.06 Å². The Bertz CT molecular complexity index is 829. The zero-order valence-corrected chi connectivity index (χ0v) is 16.8. The number of nitrogens with zero attached hydrogens (tertiary/aromatic N) is 2. The van der Waals surface area contributed by atoms with Crippen LogP contribution in [0.3, 0.4) is 0 Å². The molecule has 0 aromatic heterocycles. The van der Waals surface area contributed by atoms with Crippen LogP contribution in [0, 0.1) is 5.92 Å². The van der Waals surface area contributed by atoms with Gasteiger partial charge in [-0.1, -0.05) is 54.6 Å². The van der Waals surface area contributed by atoms with E-state index in [0.29, 0.717) is 19.5 Å². The van der Waals surface area contributed by atoms with Gasteiger partial charge in [0.25, 0.3) is 0 Å². The summed E-state index contributed by atoms with van der Waals surface area (Å²) < 4.78 is 0. The summed E-state index contributed by atoms with van der Waals surface area (Å²) in [4.78, 5) is 32.9. The topological polar surface area (TPSA) is 49.9 Å². The third-order valence-electron chi connectivity index (χ3n) is 5.82. The molecule has 29 heavy (non-hydrogen) atoms. The fourth-order valence-electron chi connectivity index (χ4n) is 4.16. The third-order valence-corrected chi connectivity index (χ3v) is 5.82. The molecule has 152 valence electrons. The van der Waals surface area contributed by atoms with Crippen molar-refractivity contribution in [2.24, 2.45) is 5.92 Å². The molecule has 2 aliphatic rings. The molecule has 0 N–H and O–H groups in total. The molecule has 5 nitrogen and oxygen atoms in total. The van der Waals surface area contributed by atoms with E-state index in [1.54, 1.807) is 0 Å². The van der Waals surface area contributed by atoms with E-state index in [2.05, 4.69) is 12.1 Å². The predicted octanol–water partition coefficient (Wildman–Crippen LogP) is 3.80. The van der Waals surface area contributed by atoms with Gasteiger partial charge in [-0.15, -0.1) is 0 Å². The molecule has 0 aliphatic carbocycles. The first-order valence-electron chi connectivity index (χ1n) is 10.6. The van der Waals surface area contributed by atoms with E-state index in [0.717, 1.165) is 55.6 Å². The summed E-state index contributed by atoms with van der Waals surface area (Å²) in [6, 6.07) is 18.0. The second kappa shape index (κ2) is 9.33. The molecule has 2 heterocycles. The maximum Gasteiger partial charge on any atom is 0.223 e. The molecule has 1 amide bonds. The molecule has 2 fully saturated rings. The van der Waals surface area contributed by atoms with E-state index >= 15 is 0 Å². The Morgan fingerprint density at radius 2 is 1.69 bits per heavy atom. The van der Waals surface area contributed by atoms with Crippen LogP contribution in [0.25, 0.3) is 11.1 Å². The van der Waals surface area contributed by atoms with Gasteiger partial charge in [0, 0.05) is 44.1 Å². The number of likely N-dealkylation sites (tertiary alicyclic amines) is 1. The number of carbonyl (C=O) groups is 2. The maximum absolute atomic E-state index is 13.0. The number of hydroxylamine groups is 2. The molecule has 2 aliphatic heterocycles. The number of rotatable bonds is 6. The van der Waals surface area contributed by atoms with E-state index in [9.17, 15) is 9.59 Å².